The lowest BCUT2D eigenvalue weighted by molar-refractivity contribution is 0.451. The molecule has 1 unspecified atom stereocenters. The van der Waals surface area contributed by atoms with Gasteiger partial charge in [-0.25, -0.2) is 0 Å². The quantitative estimate of drug-likeness (QED) is 0.784. The monoisotopic (exact) mass is 279 g/mol. The van der Waals surface area contributed by atoms with Crippen molar-refractivity contribution >= 4 is 11.3 Å². The highest BCUT2D eigenvalue weighted by Gasteiger charge is 2.13. The highest BCUT2D eigenvalue weighted by Crippen LogP contribution is 2.31. The lowest BCUT2D eigenvalue weighted by Gasteiger charge is -2.08. The molecule has 0 aliphatic heterocycles. The molecule has 5 nitrogen and oxygen atoms in total. The Morgan fingerprint density at radius 3 is 2.53 bits per heavy atom. The first-order valence-corrected chi connectivity index (χ1v) is 7.02. The van der Waals surface area contributed by atoms with Crippen LogP contribution in [0.4, 0.5) is 0 Å². The van der Waals surface area contributed by atoms with E-state index in [1.165, 1.54) is 17.4 Å². The van der Waals surface area contributed by atoms with Gasteiger partial charge in [-0.3, -0.25) is 0 Å². The zero-order chi connectivity index (χ0) is 13.8. The molecule has 0 aliphatic carbocycles. The molecular weight excluding hydrogens is 262 g/mol. The zero-order valence-electron chi connectivity index (χ0n) is 10.9. The van der Waals surface area contributed by atoms with Crippen molar-refractivity contribution in [3.8, 4) is 22.1 Å². The summed E-state index contributed by atoms with van der Waals surface area (Å²) in [4.78, 5) is 0. The van der Waals surface area contributed by atoms with E-state index < -0.39 is 0 Å². The molecule has 0 aliphatic rings. The molecule has 102 valence electrons. The molecule has 0 saturated carbocycles. The van der Waals surface area contributed by atoms with Gasteiger partial charge < -0.3 is 15.5 Å². The van der Waals surface area contributed by atoms with Gasteiger partial charge >= 0.3 is 0 Å². The summed E-state index contributed by atoms with van der Waals surface area (Å²) in [6, 6.07) is 4.57. The molecule has 1 atom stereocenters. The molecule has 0 bridgehead atoms. The molecule has 1 aromatic heterocycles. The first-order valence-electron chi connectivity index (χ1n) is 6.20. The van der Waals surface area contributed by atoms with Crippen LogP contribution in [0.15, 0.2) is 18.2 Å². The van der Waals surface area contributed by atoms with Crippen molar-refractivity contribution in [2.75, 3.05) is 6.54 Å². The molecule has 0 fully saturated rings. The number of benzene rings is 1. The predicted octanol–water partition coefficient (Wildman–Crippen LogP) is 2.68. The Morgan fingerprint density at radius 1 is 1.21 bits per heavy atom. The molecule has 3 N–H and O–H groups in total. The Labute approximate surface area is 115 Å². The minimum atomic E-state index is 0.0175. The minimum Gasteiger partial charge on any atom is -0.508 e. The van der Waals surface area contributed by atoms with Crippen LogP contribution >= 0.6 is 11.3 Å². The Bertz CT molecular complexity index is 536. The van der Waals surface area contributed by atoms with Crippen molar-refractivity contribution in [3.63, 3.8) is 0 Å². The summed E-state index contributed by atoms with van der Waals surface area (Å²) >= 11 is 1.45. The summed E-state index contributed by atoms with van der Waals surface area (Å²) in [5.74, 6) is 0.0350. The van der Waals surface area contributed by atoms with Crippen molar-refractivity contribution in [1.29, 1.82) is 0 Å². The molecule has 0 amide bonds. The topological polar surface area (TPSA) is 78.3 Å². The molecule has 0 saturated heterocycles. The summed E-state index contributed by atoms with van der Waals surface area (Å²) in [7, 11) is 0. The van der Waals surface area contributed by atoms with Crippen molar-refractivity contribution < 1.29 is 10.2 Å². The van der Waals surface area contributed by atoms with Gasteiger partial charge in [0.25, 0.3) is 0 Å². The standard InChI is InChI=1S/C13H17N3O2S/c1-3-4-14-8(2)12-15-16-13(19-12)9-5-10(17)7-11(18)6-9/h5-8,14,17-18H,3-4H2,1-2H3. The van der Waals surface area contributed by atoms with E-state index in [2.05, 4.69) is 22.4 Å². The molecular formula is C13H17N3O2S. The lowest BCUT2D eigenvalue weighted by atomic mass is 10.2. The summed E-state index contributed by atoms with van der Waals surface area (Å²) in [5.41, 5.74) is 0.670. The van der Waals surface area contributed by atoms with Gasteiger partial charge in [-0.15, -0.1) is 10.2 Å². The number of hydrogen-bond donors (Lipinski definition) is 3. The highest BCUT2D eigenvalue weighted by atomic mass is 32.1. The summed E-state index contributed by atoms with van der Waals surface area (Å²) < 4.78 is 0. The van der Waals surface area contributed by atoms with E-state index in [9.17, 15) is 10.2 Å². The number of nitrogens with zero attached hydrogens (tertiary/aromatic N) is 2. The number of aromatic hydroxyl groups is 2. The van der Waals surface area contributed by atoms with Gasteiger partial charge in [0, 0.05) is 11.6 Å². The summed E-state index contributed by atoms with van der Waals surface area (Å²) in [6.45, 7) is 5.09. The molecule has 2 rings (SSSR count). The largest absolute Gasteiger partial charge is 0.508 e. The number of aromatic nitrogens is 2. The van der Waals surface area contributed by atoms with Gasteiger partial charge in [0.1, 0.15) is 21.5 Å². The average molecular weight is 279 g/mol. The second-order valence-corrected chi connectivity index (χ2v) is 5.37. The van der Waals surface area contributed by atoms with Crippen molar-refractivity contribution in [3.05, 3.63) is 23.2 Å². The Balaban J connectivity index is 2.20. The van der Waals surface area contributed by atoms with Crippen molar-refractivity contribution in [1.82, 2.24) is 15.5 Å². The fourth-order valence-electron chi connectivity index (χ4n) is 1.69. The molecule has 19 heavy (non-hydrogen) atoms. The maximum Gasteiger partial charge on any atom is 0.148 e. The summed E-state index contributed by atoms with van der Waals surface area (Å²) in [6.07, 6.45) is 1.07. The second kappa shape index (κ2) is 5.99. The lowest BCUT2D eigenvalue weighted by Crippen LogP contribution is -2.18. The number of phenols is 2. The number of hydrogen-bond acceptors (Lipinski definition) is 6. The molecule has 0 radical (unpaired) electrons. The molecule has 2 aromatic rings. The van der Waals surface area contributed by atoms with Gasteiger partial charge in [-0.2, -0.15) is 0 Å². The van der Waals surface area contributed by atoms with Crippen LogP contribution in [-0.2, 0) is 0 Å². The fraction of sp³-hybridized carbons (Fsp3) is 0.385. The van der Waals surface area contributed by atoms with Crippen molar-refractivity contribution in [2.24, 2.45) is 0 Å². The van der Waals surface area contributed by atoms with E-state index >= 15 is 0 Å². The van der Waals surface area contributed by atoms with Gasteiger partial charge in [0.15, 0.2) is 0 Å². The van der Waals surface area contributed by atoms with Crippen LogP contribution in [0.25, 0.3) is 10.6 Å². The predicted molar refractivity (Wildman–Crippen MR) is 75.4 cm³/mol. The van der Waals surface area contributed by atoms with E-state index in [1.807, 2.05) is 6.92 Å². The van der Waals surface area contributed by atoms with Gasteiger partial charge in [0.05, 0.1) is 6.04 Å². The number of phenolic OH excluding ortho intramolecular Hbond substituents is 2. The summed E-state index contributed by atoms with van der Waals surface area (Å²) in [5, 5.41) is 32.1. The second-order valence-electron chi connectivity index (χ2n) is 4.36. The van der Waals surface area contributed by atoms with Crippen LogP contribution in [0.1, 0.15) is 31.3 Å². The molecule has 6 heteroatoms. The van der Waals surface area contributed by atoms with E-state index in [4.69, 9.17) is 0 Å². The molecule has 0 spiro atoms. The third kappa shape index (κ3) is 3.42. The van der Waals surface area contributed by atoms with Crippen LogP contribution in [0.2, 0.25) is 0 Å². The number of nitrogens with one attached hydrogen (secondary N) is 1. The normalized spacial score (nSPS) is 12.5. The Morgan fingerprint density at radius 2 is 1.89 bits per heavy atom. The maximum absolute atomic E-state index is 9.47. The van der Waals surface area contributed by atoms with Crippen molar-refractivity contribution in [2.45, 2.75) is 26.3 Å². The zero-order valence-corrected chi connectivity index (χ0v) is 11.7. The minimum absolute atomic E-state index is 0.0175. The van der Waals surface area contributed by atoms with E-state index in [0.717, 1.165) is 18.0 Å². The SMILES string of the molecule is CCCNC(C)c1nnc(-c2cc(O)cc(O)c2)s1. The van der Waals surface area contributed by atoms with Crippen LogP contribution in [0, 0.1) is 0 Å². The molecule has 1 aromatic carbocycles. The van der Waals surface area contributed by atoms with Crippen LogP contribution in [0.5, 0.6) is 11.5 Å². The third-order valence-corrected chi connectivity index (χ3v) is 3.82. The third-order valence-electron chi connectivity index (χ3n) is 2.66. The molecule has 1 heterocycles. The van der Waals surface area contributed by atoms with Crippen LogP contribution in [0.3, 0.4) is 0 Å². The van der Waals surface area contributed by atoms with Crippen LogP contribution in [-0.4, -0.2) is 27.0 Å². The first kappa shape index (κ1) is 13.8. The van der Waals surface area contributed by atoms with E-state index in [-0.39, 0.29) is 17.5 Å². The van der Waals surface area contributed by atoms with Gasteiger partial charge in [0.2, 0.25) is 0 Å². The van der Waals surface area contributed by atoms with Gasteiger partial charge in [-0.05, 0) is 32.0 Å². The first-order chi connectivity index (χ1) is 9.10. The van der Waals surface area contributed by atoms with Crippen LogP contribution < -0.4 is 5.32 Å². The van der Waals surface area contributed by atoms with Gasteiger partial charge in [-0.1, -0.05) is 18.3 Å². The number of rotatable bonds is 5. The fourth-order valence-corrected chi connectivity index (χ4v) is 2.55. The van der Waals surface area contributed by atoms with E-state index in [0.29, 0.717) is 10.6 Å². The van der Waals surface area contributed by atoms with E-state index in [1.54, 1.807) is 12.1 Å². The highest BCUT2D eigenvalue weighted by molar-refractivity contribution is 7.14. The maximum atomic E-state index is 9.47. The smallest absolute Gasteiger partial charge is 0.148 e. The average Bonchev–Trinajstić information content (AvgIpc) is 2.84. The Hall–Kier alpha value is -1.66. The Kier molecular flexibility index (Phi) is 4.34.